The van der Waals surface area contributed by atoms with Crippen molar-refractivity contribution in [1.82, 2.24) is 0 Å². The van der Waals surface area contributed by atoms with Crippen LogP contribution in [0.1, 0.15) is 19.3 Å². The molecule has 1 N–H and O–H groups in total. The number of carboxylic acid groups (broad SMARTS) is 1. The minimum absolute atomic E-state index is 0.00282. The van der Waals surface area contributed by atoms with E-state index in [0.717, 1.165) is 12.8 Å². The SMILES string of the molecule is C=C(CC(=O)O)C(=O)OC1CC1. The Balaban J connectivity index is 2.29. The van der Waals surface area contributed by atoms with Crippen molar-refractivity contribution in [2.45, 2.75) is 25.4 Å². The van der Waals surface area contributed by atoms with E-state index in [0.29, 0.717) is 0 Å². The topological polar surface area (TPSA) is 63.6 Å². The molecule has 12 heavy (non-hydrogen) atoms. The number of aliphatic carboxylic acids is 1. The van der Waals surface area contributed by atoms with Crippen molar-refractivity contribution in [1.29, 1.82) is 0 Å². The summed E-state index contributed by atoms with van der Waals surface area (Å²) in [6.45, 7) is 3.32. The van der Waals surface area contributed by atoms with E-state index >= 15 is 0 Å². The number of carboxylic acids is 1. The van der Waals surface area contributed by atoms with E-state index in [1.54, 1.807) is 0 Å². The third kappa shape index (κ3) is 2.74. The molecule has 0 atom stereocenters. The molecule has 0 heterocycles. The number of hydrogen-bond donors (Lipinski definition) is 1. The van der Waals surface area contributed by atoms with Gasteiger partial charge in [0.05, 0.1) is 6.42 Å². The molecule has 1 aliphatic rings. The summed E-state index contributed by atoms with van der Waals surface area (Å²) in [6, 6.07) is 0. The first-order chi connectivity index (χ1) is 5.59. The van der Waals surface area contributed by atoms with Crippen molar-refractivity contribution in [3.8, 4) is 0 Å². The van der Waals surface area contributed by atoms with Crippen LogP contribution in [0, 0.1) is 0 Å². The number of ether oxygens (including phenoxy) is 1. The zero-order valence-electron chi connectivity index (χ0n) is 6.58. The van der Waals surface area contributed by atoms with Gasteiger partial charge in [0, 0.05) is 5.57 Å². The minimum atomic E-state index is -1.06. The van der Waals surface area contributed by atoms with Gasteiger partial charge in [-0.3, -0.25) is 4.79 Å². The Morgan fingerprint density at radius 1 is 1.50 bits per heavy atom. The molecular weight excluding hydrogens is 160 g/mol. The molecule has 0 spiro atoms. The third-order valence-electron chi connectivity index (χ3n) is 1.45. The van der Waals surface area contributed by atoms with Crippen molar-refractivity contribution in [3.05, 3.63) is 12.2 Å². The summed E-state index contributed by atoms with van der Waals surface area (Å²) in [7, 11) is 0. The van der Waals surface area contributed by atoms with Gasteiger partial charge in [0.15, 0.2) is 0 Å². The molecule has 66 valence electrons. The monoisotopic (exact) mass is 170 g/mol. The summed E-state index contributed by atoms with van der Waals surface area (Å²) < 4.78 is 4.82. The molecule has 1 fully saturated rings. The molecule has 0 aromatic rings. The van der Waals surface area contributed by atoms with Crippen LogP contribution in [-0.4, -0.2) is 23.1 Å². The van der Waals surface area contributed by atoms with Gasteiger partial charge in [0.25, 0.3) is 0 Å². The van der Waals surface area contributed by atoms with Crippen LogP contribution in [0.4, 0.5) is 0 Å². The predicted molar refractivity (Wildman–Crippen MR) is 40.5 cm³/mol. The number of carbonyl (C=O) groups excluding carboxylic acids is 1. The summed E-state index contributed by atoms with van der Waals surface area (Å²) in [6.07, 6.45) is 1.42. The van der Waals surface area contributed by atoms with E-state index in [1.165, 1.54) is 0 Å². The lowest BCUT2D eigenvalue weighted by Crippen LogP contribution is -2.11. The maximum absolute atomic E-state index is 10.9. The molecule has 0 aromatic carbocycles. The molecule has 0 radical (unpaired) electrons. The molecule has 0 aliphatic heterocycles. The highest BCUT2D eigenvalue weighted by Crippen LogP contribution is 2.24. The van der Waals surface area contributed by atoms with Gasteiger partial charge < -0.3 is 9.84 Å². The van der Waals surface area contributed by atoms with Crippen LogP contribution in [0.3, 0.4) is 0 Å². The molecule has 1 saturated carbocycles. The maximum Gasteiger partial charge on any atom is 0.334 e. The summed E-state index contributed by atoms with van der Waals surface area (Å²) in [5.41, 5.74) is 0.00870. The van der Waals surface area contributed by atoms with Gasteiger partial charge in [0.1, 0.15) is 6.10 Å². The Bertz CT molecular complexity index is 227. The second-order valence-electron chi connectivity index (χ2n) is 2.78. The highest BCUT2D eigenvalue weighted by molar-refractivity contribution is 5.92. The highest BCUT2D eigenvalue weighted by Gasteiger charge is 2.27. The average molecular weight is 170 g/mol. The first-order valence-corrected chi connectivity index (χ1v) is 3.70. The minimum Gasteiger partial charge on any atom is -0.481 e. The zero-order valence-corrected chi connectivity index (χ0v) is 6.58. The van der Waals surface area contributed by atoms with Crippen molar-refractivity contribution in [2.24, 2.45) is 0 Å². The number of rotatable bonds is 4. The normalized spacial score (nSPS) is 15.3. The molecule has 0 unspecified atom stereocenters. The van der Waals surface area contributed by atoms with Gasteiger partial charge in [-0.15, -0.1) is 0 Å². The fourth-order valence-corrected chi connectivity index (χ4v) is 0.675. The first kappa shape index (κ1) is 8.77. The molecule has 1 rings (SSSR count). The predicted octanol–water partition coefficient (Wildman–Crippen LogP) is 0.723. The quantitative estimate of drug-likeness (QED) is 0.498. The largest absolute Gasteiger partial charge is 0.481 e. The van der Waals surface area contributed by atoms with E-state index in [4.69, 9.17) is 9.84 Å². The van der Waals surface area contributed by atoms with E-state index in [9.17, 15) is 9.59 Å². The smallest absolute Gasteiger partial charge is 0.334 e. The fourth-order valence-electron chi connectivity index (χ4n) is 0.675. The van der Waals surface area contributed by atoms with Crippen LogP contribution >= 0.6 is 0 Å². The second kappa shape index (κ2) is 3.38. The third-order valence-corrected chi connectivity index (χ3v) is 1.45. The van der Waals surface area contributed by atoms with Gasteiger partial charge >= 0.3 is 11.9 Å². The second-order valence-corrected chi connectivity index (χ2v) is 2.78. The Morgan fingerprint density at radius 3 is 2.50 bits per heavy atom. The lowest BCUT2D eigenvalue weighted by atomic mass is 10.2. The zero-order chi connectivity index (χ0) is 9.14. The Labute approximate surface area is 69.8 Å². The molecule has 4 heteroatoms. The van der Waals surface area contributed by atoms with E-state index in [-0.39, 0.29) is 18.1 Å². The maximum atomic E-state index is 10.9. The van der Waals surface area contributed by atoms with Crippen molar-refractivity contribution >= 4 is 11.9 Å². The van der Waals surface area contributed by atoms with Crippen LogP contribution in [0.25, 0.3) is 0 Å². The van der Waals surface area contributed by atoms with Crippen molar-refractivity contribution in [2.75, 3.05) is 0 Å². The van der Waals surface area contributed by atoms with Gasteiger partial charge in [-0.05, 0) is 12.8 Å². The van der Waals surface area contributed by atoms with Crippen LogP contribution in [-0.2, 0) is 14.3 Å². The fraction of sp³-hybridized carbons (Fsp3) is 0.500. The number of esters is 1. The van der Waals surface area contributed by atoms with Crippen molar-refractivity contribution in [3.63, 3.8) is 0 Å². The number of hydrogen-bond acceptors (Lipinski definition) is 3. The van der Waals surface area contributed by atoms with E-state index < -0.39 is 11.9 Å². The number of carbonyl (C=O) groups is 2. The van der Waals surface area contributed by atoms with Gasteiger partial charge in [-0.2, -0.15) is 0 Å². The molecular formula is C8H10O4. The van der Waals surface area contributed by atoms with Gasteiger partial charge in [-0.25, -0.2) is 4.79 Å². The molecule has 0 aromatic heterocycles. The van der Waals surface area contributed by atoms with Crippen LogP contribution < -0.4 is 0 Å². The van der Waals surface area contributed by atoms with E-state index in [1.807, 2.05) is 0 Å². The lowest BCUT2D eigenvalue weighted by molar-refractivity contribution is -0.143. The standard InChI is InChI=1S/C8H10O4/c1-5(4-7(9)10)8(11)12-6-2-3-6/h6H,1-4H2,(H,9,10). The highest BCUT2D eigenvalue weighted by atomic mass is 16.5. The van der Waals surface area contributed by atoms with Gasteiger partial charge in [-0.1, -0.05) is 6.58 Å². The lowest BCUT2D eigenvalue weighted by Gasteiger charge is -2.02. The Kier molecular flexibility index (Phi) is 2.47. The van der Waals surface area contributed by atoms with Crippen LogP contribution in [0.2, 0.25) is 0 Å². The summed E-state index contributed by atoms with van der Waals surface area (Å²) >= 11 is 0. The first-order valence-electron chi connectivity index (χ1n) is 3.70. The molecule has 0 saturated heterocycles. The summed E-state index contributed by atoms with van der Waals surface area (Å²) in [4.78, 5) is 21.1. The van der Waals surface area contributed by atoms with Crippen molar-refractivity contribution < 1.29 is 19.4 Å². The Hall–Kier alpha value is -1.32. The van der Waals surface area contributed by atoms with Crippen LogP contribution in [0.15, 0.2) is 12.2 Å². The molecule has 4 nitrogen and oxygen atoms in total. The van der Waals surface area contributed by atoms with E-state index in [2.05, 4.69) is 6.58 Å². The summed E-state index contributed by atoms with van der Waals surface area (Å²) in [5.74, 6) is -1.65. The molecule has 0 bridgehead atoms. The van der Waals surface area contributed by atoms with Gasteiger partial charge in [0.2, 0.25) is 0 Å². The average Bonchev–Trinajstić information content (AvgIpc) is 2.70. The summed E-state index contributed by atoms with van der Waals surface area (Å²) in [5, 5.41) is 8.31. The molecule has 0 amide bonds. The van der Waals surface area contributed by atoms with Crippen LogP contribution in [0.5, 0.6) is 0 Å². The molecule has 1 aliphatic carbocycles. The Morgan fingerprint density at radius 2 is 2.08 bits per heavy atom.